The molecule has 0 radical (unpaired) electrons. The zero-order valence-corrected chi connectivity index (χ0v) is 47.8. The van der Waals surface area contributed by atoms with E-state index < -0.39 is 12.1 Å². The largest absolute Gasteiger partial charge is 0.394 e. The van der Waals surface area contributed by atoms with E-state index in [0.717, 1.165) is 122 Å². The highest BCUT2D eigenvalue weighted by Gasteiger charge is 2.17. The molecule has 0 aliphatic heterocycles. The van der Waals surface area contributed by atoms with Crippen LogP contribution >= 0.6 is 0 Å². The number of rotatable bonds is 53. The van der Waals surface area contributed by atoms with Crippen LogP contribution in [0.5, 0.6) is 0 Å². The molecule has 0 aromatic carbocycles. The molecule has 0 aromatic heterocycles. The van der Waals surface area contributed by atoms with Crippen molar-refractivity contribution in [2.45, 2.75) is 257 Å². The Bertz CT molecular complexity index is 1620. The van der Waals surface area contributed by atoms with Gasteiger partial charge in [0.1, 0.15) is 0 Å². The molecule has 0 spiro atoms. The minimum atomic E-state index is -0.888. The molecule has 0 heterocycles. The molecule has 0 bridgehead atoms. The van der Waals surface area contributed by atoms with Crippen molar-refractivity contribution in [2.24, 2.45) is 0 Å². The first-order chi connectivity index (χ1) is 36.7. The van der Waals surface area contributed by atoms with Gasteiger partial charge in [-0.3, -0.25) is 4.79 Å². The normalized spacial score (nSPS) is 14.1. The lowest BCUT2D eigenvalue weighted by molar-refractivity contribution is -0.123. The van der Waals surface area contributed by atoms with E-state index in [1.165, 1.54) is 103 Å². The molecule has 0 aliphatic rings. The third-order valence-electron chi connectivity index (χ3n) is 12.7. The molecule has 416 valence electrons. The summed E-state index contributed by atoms with van der Waals surface area (Å²) < 4.78 is 0. The first-order valence-corrected chi connectivity index (χ1v) is 30.3. The summed E-state index contributed by atoms with van der Waals surface area (Å²) in [4.78, 5) is 12.5. The second kappa shape index (κ2) is 63.0. The number of aliphatic hydroxyl groups is 2. The number of aliphatic hydroxyl groups excluding tert-OH is 2. The summed E-state index contributed by atoms with van der Waals surface area (Å²) in [6.45, 7) is 4.17. The Balaban J connectivity index is 3.70. The lowest BCUT2D eigenvalue weighted by Crippen LogP contribution is -2.45. The fraction of sp³-hybridized carbons (Fsp3) is 0.586. The van der Waals surface area contributed by atoms with Crippen molar-refractivity contribution in [3.05, 3.63) is 170 Å². The van der Waals surface area contributed by atoms with Crippen LogP contribution in [0.15, 0.2) is 170 Å². The summed E-state index contributed by atoms with van der Waals surface area (Å²) in [5.41, 5.74) is 0. The van der Waals surface area contributed by atoms with Crippen LogP contribution in [-0.4, -0.2) is 34.9 Å². The Kier molecular flexibility index (Phi) is 59.4. The molecule has 3 N–H and O–H groups in total. The van der Waals surface area contributed by atoms with E-state index in [9.17, 15) is 15.0 Å². The van der Waals surface area contributed by atoms with Gasteiger partial charge < -0.3 is 15.5 Å². The highest BCUT2D eigenvalue weighted by atomic mass is 16.3. The number of nitrogens with one attached hydrogen (secondary N) is 1. The van der Waals surface area contributed by atoms with Gasteiger partial charge in [-0.25, -0.2) is 0 Å². The SMILES string of the molecule is CC/C=C\C/C=C\C/C=C\C/C=C\C/C=C\C/C=C\C/C=C\C/C=C\C/C=C\C/C=C\C/C=C\CCCCCCCCCC(=O)NC(CO)C(O)/C=C/CC/C=C/CC/C=C/CCCCCCCCCCCCC. The molecule has 0 rings (SSSR count). The van der Waals surface area contributed by atoms with Crippen molar-refractivity contribution in [1.29, 1.82) is 0 Å². The summed E-state index contributed by atoms with van der Waals surface area (Å²) in [5, 5.41) is 23.1. The van der Waals surface area contributed by atoms with Gasteiger partial charge in [0, 0.05) is 6.42 Å². The maximum absolute atomic E-state index is 12.5. The number of carbonyl (C=O) groups is 1. The minimum absolute atomic E-state index is 0.0957. The third kappa shape index (κ3) is 58.6. The van der Waals surface area contributed by atoms with Crippen LogP contribution in [-0.2, 0) is 4.79 Å². The third-order valence-corrected chi connectivity index (χ3v) is 12.7. The van der Waals surface area contributed by atoms with Gasteiger partial charge in [-0.2, -0.15) is 0 Å². The monoisotopic (exact) mass is 1020 g/mol. The van der Waals surface area contributed by atoms with E-state index in [4.69, 9.17) is 0 Å². The molecule has 4 nitrogen and oxygen atoms in total. The Labute approximate surface area is 458 Å². The van der Waals surface area contributed by atoms with Crippen molar-refractivity contribution >= 4 is 5.91 Å². The number of hydrogen-bond acceptors (Lipinski definition) is 3. The van der Waals surface area contributed by atoms with Gasteiger partial charge in [0.2, 0.25) is 5.91 Å². The molecule has 2 unspecified atom stereocenters. The number of hydrogen-bond donors (Lipinski definition) is 3. The van der Waals surface area contributed by atoms with Crippen LogP contribution in [0.25, 0.3) is 0 Å². The van der Waals surface area contributed by atoms with E-state index in [1.807, 2.05) is 6.08 Å². The quantitative estimate of drug-likeness (QED) is 0.0420. The van der Waals surface area contributed by atoms with E-state index in [-0.39, 0.29) is 12.5 Å². The predicted octanol–water partition coefficient (Wildman–Crippen LogP) is 20.7. The fourth-order valence-electron chi connectivity index (χ4n) is 8.10. The lowest BCUT2D eigenvalue weighted by Gasteiger charge is -2.19. The van der Waals surface area contributed by atoms with Gasteiger partial charge in [0.15, 0.2) is 0 Å². The minimum Gasteiger partial charge on any atom is -0.394 e. The standard InChI is InChI=1S/C70H113NO3/c1-3-5-7-9-11-13-15-17-19-21-23-25-26-27-28-29-30-31-32-33-34-35-36-37-38-39-40-41-42-43-44-46-48-50-52-54-56-58-60-62-64-66-70(74)71-68(67-72)69(73)65-63-61-59-57-55-53-51-49-47-45-24-22-20-18-16-14-12-10-8-6-4-2/h5,7,11,13,17,19,23,25,27-28,30-31,33-34,36-37,39-40,42-43,46-49,55,57,63,65,68-69,72-73H,3-4,6,8-10,12,14-16,18,20-22,24,26,29,32,35,38,41,44-45,50-54,56,58-62,64,66-67H2,1-2H3,(H,71,74)/b7-5-,13-11-,19-17-,25-23-,28-27-,31-30-,34-33-,37-36-,40-39-,43-42-,48-46-,49-47+,57-55+,65-63+. The van der Waals surface area contributed by atoms with Crippen molar-refractivity contribution in [1.82, 2.24) is 5.32 Å². The highest BCUT2D eigenvalue weighted by molar-refractivity contribution is 5.76. The summed E-state index contributed by atoms with van der Waals surface area (Å²) in [7, 11) is 0. The van der Waals surface area contributed by atoms with E-state index in [1.54, 1.807) is 6.08 Å². The molecule has 2 atom stereocenters. The van der Waals surface area contributed by atoms with Gasteiger partial charge in [0.05, 0.1) is 18.8 Å². The second-order valence-corrected chi connectivity index (χ2v) is 19.7. The Morgan fingerprint density at radius 2 is 0.608 bits per heavy atom. The topological polar surface area (TPSA) is 69.6 Å². The van der Waals surface area contributed by atoms with Gasteiger partial charge in [-0.15, -0.1) is 0 Å². The molecule has 0 saturated carbocycles. The number of carbonyl (C=O) groups excluding carboxylic acids is 1. The average Bonchev–Trinajstić information content (AvgIpc) is 3.40. The maximum Gasteiger partial charge on any atom is 0.220 e. The smallest absolute Gasteiger partial charge is 0.220 e. The molecule has 0 saturated heterocycles. The Hall–Kier alpha value is -4.25. The van der Waals surface area contributed by atoms with Gasteiger partial charge in [0.25, 0.3) is 0 Å². The molecule has 74 heavy (non-hydrogen) atoms. The van der Waals surface area contributed by atoms with Crippen molar-refractivity contribution in [2.75, 3.05) is 6.61 Å². The number of allylic oxidation sites excluding steroid dienone is 27. The molecule has 1 amide bonds. The van der Waals surface area contributed by atoms with Crippen LogP contribution in [0.1, 0.15) is 245 Å². The zero-order chi connectivity index (χ0) is 53.4. The van der Waals surface area contributed by atoms with Crippen LogP contribution < -0.4 is 5.32 Å². The number of unbranched alkanes of at least 4 members (excludes halogenated alkanes) is 20. The second-order valence-electron chi connectivity index (χ2n) is 19.7. The highest BCUT2D eigenvalue weighted by Crippen LogP contribution is 2.13. The van der Waals surface area contributed by atoms with Gasteiger partial charge in [-0.05, 0) is 128 Å². The van der Waals surface area contributed by atoms with E-state index in [0.29, 0.717) is 6.42 Å². The van der Waals surface area contributed by atoms with E-state index in [2.05, 4.69) is 177 Å². The fourth-order valence-corrected chi connectivity index (χ4v) is 8.10. The van der Waals surface area contributed by atoms with Crippen molar-refractivity contribution < 1.29 is 15.0 Å². The van der Waals surface area contributed by atoms with E-state index >= 15 is 0 Å². The first-order valence-electron chi connectivity index (χ1n) is 30.3. The lowest BCUT2D eigenvalue weighted by atomic mass is 10.1. The molecule has 0 fully saturated rings. The zero-order valence-electron chi connectivity index (χ0n) is 47.8. The summed E-state index contributed by atoms with van der Waals surface area (Å²) in [5.74, 6) is -0.0957. The van der Waals surface area contributed by atoms with Crippen LogP contribution in [0.2, 0.25) is 0 Å². The average molecular weight is 1020 g/mol. The summed E-state index contributed by atoms with van der Waals surface area (Å²) >= 11 is 0. The van der Waals surface area contributed by atoms with Gasteiger partial charge in [-0.1, -0.05) is 280 Å². The van der Waals surface area contributed by atoms with Crippen molar-refractivity contribution in [3.8, 4) is 0 Å². The predicted molar refractivity (Wildman–Crippen MR) is 331 cm³/mol. The molecule has 4 heteroatoms. The summed E-state index contributed by atoms with van der Waals surface area (Å²) in [6.07, 6.45) is 102. The number of amides is 1. The first kappa shape index (κ1) is 69.8. The Morgan fingerprint density at radius 3 is 0.946 bits per heavy atom. The Morgan fingerprint density at radius 1 is 0.338 bits per heavy atom. The maximum atomic E-state index is 12.5. The van der Waals surface area contributed by atoms with Crippen LogP contribution in [0, 0.1) is 0 Å². The van der Waals surface area contributed by atoms with Crippen molar-refractivity contribution in [3.63, 3.8) is 0 Å². The molecular weight excluding hydrogens is 903 g/mol. The van der Waals surface area contributed by atoms with Crippen LogP contribution in [0.3, 0.4) is 0 Å². The molecular formula is C70H113NO3. The molecule has 0 aromatic rings. The van der Waals surface area contributed by atoms with Crippen LogP contribution in [0.4, 0.5) is 0 Å². The summed E-state index contributed by atoms with van der Waals surface area (Å²) in [6, 6.07) is -0.665. The molecule has 0 aliphatic carbocycles. The van der Waals surface area contributed by atoms with Gasteiger partial charge >= 0.3 is 0 Å².